The van der Waals surface area contributed by atoms with Crippen LogP contribution in [0.4, 0.5) is 17.1 Å². The molecule has 11 aromatic rings. The summed E-state index contributed by atoms with van der Waals surface area (Å²) < 4.78 is 2.39. The first-order valence-corrected chi connectivity index (χ1v) is 22.6. The molecule has 0 spiro atoms. The van der Waals surface area contributed by atoms with Gasteiger partial charge in [-0.1, -0.05) is 208 Å². The lowest BCUT2D eigenvalue weighted by molar-refractivity contribution is 0.660. The molecular weight excluding hydrogens is 785 g/mol. The standard InChI is InChI=1S/C63H46N2/c1-63(2)56-32-13-8-30-55(56)62-54(31-19-33-57(62)63)53-29-12-17-37-61(53)64(58-34-14-9-26-50(58)49-25-7-6-24-48(49)44-20-4-3-5-21-44)46-40-38-43(39-41-46)45-22-18-23-47(42-45)65-59-35-15-10-27-51(59)52-28-11-16-36-60(52)65/h3-42H,1-2H3. The van der Waals surface area contributed by atoms with Crippen LogP contribution in [0.15, 0.2) is 243 Å². The average Bonchev–Trinajstić information content (AvgIpc) is 3.83. The Kier molecular flexibility index (Phi) is 9.21. The first-order chi connectivity index (χ1) is 32.0. The number of rotatable bonds is 8. The summed E-state index contributed by atoms with van der Waals surface area (Å²) in [5.41, 5.74) is 21.6. The zero-order valence-electron chi connectivity index (χ0n) is 36.5. The molecule has 308 valence electrons. The van der Waals surface area contributed by atoms with E-state index in [1.165, 1.54) is 77.4 Å². The average molecular weight is 831 g/mol. The van der Waals surface area contributed by atoms with Crippen molar-refractivity contribution >= 4 is 38.9 Å². The molecule has 0 atom stereocenters. The van der Waals surface area contributed by atoms with Gasteiger partial charge < -0.3 is 9.47 Å². The van der Waals surface area contributed by atoms with Gasteiger partial charge >= 0.3 is 0 Å². The SMILES string of the molecule is CC1(C)c2ccccc2-c2c(-c3ccccc3N(c3ccc(-c4cccc(-n5c6ccccc6c6ccccc65)c4)cc3)c3ccccc3-c3ccccc3-c3ccccc3)cccc21. The third kappa shape index (κ3) is 6.32. The number of hydrogen-bond acceptors (Lipinski definition) is 1. The molecule has 0 radical (unpaired) electrons. The molecular formula is C63H46N2. The number of nitrogens with zero attached hydrogens (tertiary/aromatic N) is 2. The van der Waals surface area contributed by atoms with Crippen LogP contribution < -0.4 is 4.90 Å². The van der Waals surface area contributed by atoms with Gasteiger partial charge in [0, 0.05) is 38.7 Å². The van der Waals surface area contributed by atoms with Gasteiger partial charge in [0.05, 0.1) is 22.4 Å². The van der Waals surface area contributed by atoms with Crippen molar-refractivity contribution in [2.24, 2.45) is 0 Å². The van der Waals surface area contributed by atoms with Gasteiger partial charge in [0.2, 0.25) is 0 Å². The van der Waals surface area contributed by atoms with Crippen molar-refractivity contribution < 1.29 is 0 Å². The minimum atomic E-state index is -0.112. The van der Waals surface area contributed by atoms with Gasteiger partial charge in [-0.05, 0) is 104 Å². The first-order valence-electron chi connectivity index (χ1n) is 22.6. The lowest BCUT2D eigenvalue weighted by Gasteiger charge is -2.31. The first kappa shape index (κ1) is 38.5. The highest BCUT2D eigenvalue weighted by atomic mass is 15.1. The van der Waals surface area contributed by atoms with Gasteiger partial charge in [0.1, 0.15) is 0 Å². The van der Waals surface area contributed by atoms with Crippen molar-refractivity contribution in [1.82, 2.24) is 4.57 Å². The van der Waals surface area contributed by atoms with E-state index in [9.17, 15) is 0 Å². The third-order valence-electron chi connectivity index (χ3n) is 13.6. The molecule has 0 saturated heterocycles. The van der Waals surface area contributed by atoms with Crippen LogP contribution in [0.25, 0.3) is 83.1 Å². The van der Waals surface area contributed by atoms with E-state index < -0.39 is 0 Å². The normalized spacial score (nSPS) is 12.6. The van der Waals surface area contributed by atoms with Crippen LogP contribution in [-0.2, 0) is 5.41 Å². The second-order valence-electron chi connectivity index (χ2n) is 17.6. The van der Waals surface area contributed by atoms with Crippen LogP contribution in [0.2, 0.25) is 0 Å². The minimum Gasteiger partial charge on any atom is -0.309 e. The van der Waals surface area contributed by atoms with Crippen molar-refractivity contribution in [2.45, 2.75) is 19.3 Å². The molecule has 65 heavy (non-hydrogen) atoms. The number of aromatic nitrogens is 1. The maximum absolute atomic E-state index is 2.48. The number of benzene rings is 10. The zero-order valence-corrected chi connectivity index (χ0v) is 36.5. The quantitative estimate of drug-likeness (QED) is 0.148. The van der Waals surface area contributed by atoms with Crippen LogP contribution in [0.3, 0.4) is 0 Å². The largest absolute Gasteiger partial charge is 0.309 e. The van der Waals surface area contributed by atoms with Gasteiger partial charge in [-0.25, -0.2) is 0 Å². The van der Waals surface area contributed by atoms with E-state index in [2.05, 4.69) is 266 Å². The fourth-order valence-corrected chi connectivity index (χ4v) is 10.6. The third-order valence-corrected chi connectivity index (χ3v) is 13.6. The molecule has 0 unspecified atom stereocenters. The van der Waals surface area contributed by atoms with Crippen LogP contribution in [-0.4, -0.2) is 4.57 Å². The van der Waals surface area contributed by atoms with Gasteiger partial charge in [-0.15, -0.1) is 0 Å². The Hall–Kier alpha value is -8.20. The molecule has 1 aromatic heterocycles. The summed E-state index contributed by atoms with van der Waals surface area (Å²) in [7, 11) is 0. The Morgan fingerprint density at radius 2 is 0.831 bits per heavy atom. The van der Waals surface area contributed by atoms with E-state index in [1.807, 2.05) is 0 Å². The van der Waals surface area contributed by atoms with E-state index in [1.54, 1.807) is 0 Å². The van der Waals surface area contributed by atoms with Crippen LogP contribution >= 0.6 is 0 Å². The topological polar surface area (TPSA) is 8.17 Å². The molecule has 0 amide bonds. The van der Waals surface area contributed by atoms with Gasteiger partial charge in [0.15, 0.2) is 0 Å². The summed E-state index contributed by atoms with van der Waals surface area (Å²) in [4.78, 5) is 2.48. The molecule has 1 aliphatic rings. The van der Waals surface area contributed by atoms with E-state index in [-0.39, 0.29) is 5.41 Å². The fourth-order valence-electron chi connectivity index (χ4n) is 10.6. The Bertz CT molecular complexity index is 3520. The van der Waals surface area contributed by atoms with Crippen molar-refractivity contribution in [3.63, 3.8) is 0 Å². The maximum Gasteiger partial charge on any atom is 0.0541 e. The Labute approximate surface area is 381 Å². The van der Waals surface area contributed by atoms with Crippen molar-refractivity contribution in [1.29, 1.82) is 0 Å². The van der Waals surface area contributed by atoms with Gasteiger partial charge in [-0.2, -0.15) is 0 Å². The number of para-hydroxylation sites is 4. The second-order valence-corrected chi connectivity index (χ2v) is 17.6. The molecule has 2 nitrogen and oxygen atoms in total. The molecule has 10 aromatic carbocycles. The Balaban J connectivity index is 1.04. The molecule has 12 rings (SSSR count). The monoisotopic (exact) mass is 830 g/mol. The van der Waals surface area contributed by atoms with Crippen LogP contribution in [0, 0.1) is 0 Å². The molecule has 1 heterocycles. The summed E-state index contributed by atoms with van der Waals surface area (Å²) >= 11 is 0. The lowest BCUT2D eigenvalue weighted by atomic mass is 9.82. The summed E-state index contributed by atoms with van der Waals surface area (Å²) in [5.74, 6) is 0. The molecule has 0 aliphatic heterocycles. The Morgan fingerprint density at radius 3 is 1.52 bits per heavy atom. The Morgan fingerprint density at radius 1 is 0.338 bits per heavy atom. The van der Waals surface area contributed by atoms with Crippen molar-refractivity contribution in [3.05, 3.63) is 254 Å². The van der Waals surface area contributed by atoms with Crippen molar-refractivity contribution in [3.8, 4) is 61.3 Å². The summed E-state index contributed by atoms with van der Waals surface area (Å²) in [6.07, 6.45) is 0. The van der Waals surface area contributed by atoms with Crippen molar-refractivity contribution in [2.75, 3.05) is 4.90 Å². The molecule has 1 aliphatic carbocycles. The molecule has 0 saturated carbocycles. The summed E-state index contributed by atoms with van der Waals surface area (Å²) in [6.45, 7) is 4.72. The van der Waals surface area contributed by atoms with Crippen LogP contribution in [0.5, 0.6) is 0 Å². The van der Waals surface area contributed by atoms with Crippen LogP contribution in [0.1, 0.15) is 25.0 Å². The smallest absolute Gasteiger partial charge is 0.0541 e. The predicted molar refractivity (Wildman–Crippen MR) is 275 cm³/mol. The van der Waals surface area contributed by atoms with Gasteiger partial charge in [-0.3, -0.25) is 0 Å². The summed E-state index contributed by atoms with van der Waals surface area (Å²) in [5, 5.41) is 2.52. The number of fused-ring (bicyclic) bond motifs is 6. The van der Waals surface area contributed by atoms with E-state index >= 15 is 0 Å². The minimum absolute atomic E-state index is 0.112. The highest BCUT2D eigenvalue weighted by Gasteiger charge is 2.37. The maximum atomic E-state index is 2.48. The lowest BCUT2D eigenvalue weighted by Crippen LogP contribution is -2.15. The molecule has 0 bridgehead atoms. The molecule has 0 fully saturated rings. The van der Waals surface area contributed by atoms with E-state index in [0.29, 0.717) is 0 Å². The molecule has 2 heteroatoms. The zero-order chi connectivity index (χ0) is 43.5. The molecule has 0 N–H and O–H groups in total. The summed E-state index contributed by atoms with van der Waals surface area (Å²) in [6, 6.07) is 88.8. The number of hydrogen-bond donors (Lipinski definition) is 0. The fraction of sp³-hybridized carbons (Fsp3) is 0.0476. The number of anilines is 3. The van der Waals surface area contributed by atoms with Gasteiger partial charge in [0.25, 0.3) is 0 Å². The highest BCUT2D eigenvalue weighted by molar-refractivity contribution is 6.09. The van der Waals surface area contributed by atoms with E-state index in [4.69, 9.17) is 0 Å². The van der Waals surface area contributed by atoms with E-state index in [0.717, 1.165) is 33.9 Å². The second kappa shape index (κ2) is 15.6. The highest BCUT2D eigenvalue weighted by Crippen LogP contribution is 2.54. The predicted octanol–water partition coefficient (Wildman–Crippen LogP) is 17.2.